The first-order valence-corrected chi connectivity index (χ1v) is 14.2. The van der Waals surface area contributed by atoms with Crippen molar-refractivity contribution in [3.8, 4) is 0 Å². The number of ketones is 2. The third-order valence-electron chi connectivity index (χ3n) is 8.45. The molecule has 1 spiro atoms. The summed E-state index contributed by atoms with van der Waals surface area (Å²) in [5.41, 5.74) is 2.23. The van der Waals surface area contributed by atoms with Crippen LogP contribution in [0.4, 0.5) is 5.69 Å². The Morgan fingerprint density at radius 3 is 2.29 bits per heavy atom. The molecule has 3 heterocycles. The van der Waals surface area contributed by atoms with E-state index in [1.54, 1.807) is 36.4 Å². The van der Waals surface area contributed by atoms with Crippen molar-refractivity contribution in [2.75, 3.05) is 5.32 Å². The van der Waals surface area contributed by atoms with E-state index in [1.165, 1.54) is 6.07 Å². The SMILES string of the molecule is O=C(c1ccc(Cl)cc1Cl)C1C(C(=O)c2ccc(Cl)cc2)C2(C(=O)Nc3ccccc32)C2c3ccccc3C=CN12. The van der Waals surface area contributed by atoms with Gasteiger partial charge in [0.25, 0.3) is 0 Å². The van der Waals surface area contributed by atoms with Gasteiger partial charge in [0.1, 0.15) is 11.5 Å². The third kappa shape index (κ3) is 3.73. The predicted octanol–water partition coefficient (Wildman–Crippen LogP) is 7.63. The van der Waals surface area contributed by atoms with Crippen LogP contribution in [0.25, 0.3) is 6.08 Å². The Balaban J connectivity index is 1.54. The zero-order valence-corrected chi connectivity index (χ0v) is 23.6. The van der Waals surface area contributed by atoms with Crippen LogP contribution in [-0.4, -0.2) is 28.4 Å². The Bertz CT molecular complexity index is 1800. The number of amides is 1. The molecule has 1 N–H and O–H groups in total. The van der Waals surface area contributed by atoms with Gasteiger partial charge in [-0.05, 0) is 71.3 Å². The van der Waals surface area contributed by atoms with Crippen molar-refractivity contribution in [3.05, 3.63) is 140 Å². The van der Waals surface area contributed by atoms with Crippen LogP contribution in [0.3, 0.4) is 0 Å². The van der Waals surface area contributed by atoms with Gasteiger partial charge in [-0.15, -0.1) is 0 Å². The molecule has 0 saturated carbocycles. The van der Waals surface area contributed by atoms with Gasteiger partial charge in [0.2, 0.25) is 5.91 Å². The summed E-state index contributed by atoms with van der Waals surface area (Å²) in [6.07, 6.45) is 3.74. The maximum atomic E-state index is 14.7. The van der Waals surface area contributed by atoms with Crippen LogP contribution in [0, 0.1) is 5.92 Å². The van der Waals surface area contributed by atoms with Crippen LogP contribution in [0.5, 0.6) is 0 Å². The molecule has 41 heavy (non-hydrogen) atoms. The Kier molecular flexibility index (Phi) is 6.09. The Hall–Kier alpha value is -3.90. The zero-order valence-electron chi connectivity index (χ0n) is 21.4. The van der Waals surface area contributed by atoms with Crippen LogP contribution in [0.1, 0.15) is 43.4 Å². The van der Waals surface area contributed by atoms with Crippen LogP contribution in [0.15, 0.2) is 97.2 Å². The molecule has 0 aliphatic carbocycles. The normalized spacial score (nSPS) is 23.6. The highest BCUT2D eigenvalue weighted by atomic mass is 35.5. The number of benzene rings is 4. The lowest BCUT2D eigenvalue weighted by Crippen LogP contribution is -2.49. The van der Waals surface area contributed by atoms with Crippen molar-refractivity contribution in [1.82, 2.24) is 4.90 Å². The van der Waals surface area contributed by atoms with Crippen LogP contribution in [0.2, 0.25) is 15.1 Å². The highest BCUT2D eigenvalue weighted by Crippen LogP contribution is 2.62. The van der Waals surface area contributed by atoms with E-state index in [4.69, 9.17) is 34.8 Å². The van der Waals surface area contributed by atoms with Gasteiger partial charge in [-0.25, -0.2) is 0 Å². The second-order valence-electron chi connectivity index (χ2n) is 10.4. The Morgan fingerprint density at radius 2 is 1.51 bits per heavy atom. The molecule has 3 aliphatic heterocycles. The predicted molar refractivity (Wildman–Crippen MR) is 161 cm³/mol. The summed E-state index contributed by atoms with van der Waals surface area (Å²) in [6, 6.07) is 24.7. The summed E-state index contributed by atoms with van der Waals surface area (Å²) in [4.78, 5) is 45.6. The number of hydrogen-bond donors (Lipinski definition) is 1. The van der Waals surface area contributed by atoms with Crippen LogP contribution in [-0.2, 0) is 10.2 Å². The van der Waals surface area contributed by atoms with Crippen molar-refractivity contribution < 1.29 is 14.4 Å². The van der Waals surface area contributed by atoms with E-state index in [9.17, 15) is 14.4 Å². The minimum absolute atomic E-state index is 0.176. The van der Waals surface area contributed by atoms with E-state index in [0.717, 1.165) is 11.1 Å². The lowest BCUT2D eigenvalue weighted by Gasteiger charge is -2.38. The van der Waals surface area contributed by atoms with E-state index >= 15 is 0 Å². The first kappa shape index (κ1) is 26.0. The minimum Gasteiger partial charge on any atom is -0.358 e. The summed E-state index contributed by atoms with van der Waals surface area (Å²) in [5, 5.41) is 4.08. The highest BCUT2D eigenvalue weighted by molar-refractivity contribution is 6.37. The number of fused-ring (bicyclic) bond motifs is 6. The largest absolute Gasteiger partial charge is 0.358 e. The van der Waals surface area contributed by atoms with Crippen molar-refractivity contribution in [2.24, 2.45) is 5.92 Å². The Labute approximate surface area is 251 Å². The molecule has 1 fully saturated rings. The van der Waals surface area contributed by atoms with E-state index < -0.39 is 23.4 Å². The molecule has 202 valence electrons. The van der Waals surface area contributed by atoms with E-state index in [0.29, 0.717) is 26.9 Å². The minimum atomic E-state index is -1.42. The number of hydrogen-bond acceptors (Lipinski definition) is 4. The summed E-state index contributed by atoms with van der Waals surface area (Å²) in [7, 11) is 0. The molecular weight excluding hydrogens is 579 g/mol. The second-order valence-corrected chi connectivity index (χ2v) is 11.7. The second kappa shape index (κ2) is 9.59. The van der Waals surface area contributed by atoms with Crippen LogP contribution >= 0.6 is 34.8 Å². The van der Waals surface area contributed by atoms with E-state index in [-0.39, 0.29) is 28.1 Å². The van der Waals surface area contributed by atoms with E-state index in [1.807, 2.05) is 65.7 Å². The molecule has 0 radical (unpaired) electrons. The fourth-order valence-corrected chi connectivity index (χ4v) is 7.44. The molecule has 4 aromatic rings. The summed E-state index contributed by atoms with van der Waals surface area (Å²) in [6.45, 7) is 0. The maximum Gasteiger partial charge on any atom is 0.238 e. The standard InChI is InChI=1S/C33H21Cl3N2O3/c34-20-11-9-19(10-12-20)29(39)27-28(30(40)23-14-13-21(35)17-25(23)36)38-16-15-18-5-1-2-6-22(18)31(38)33(27)24-7-3-4-8-26(24)37-32(33)41/h1-17,27-28,31H,(H,37,41). The van der Waals surface area contributed by atoms with Gasteiger partial charge in [0, 0.05) is 33.1 Å². The highest BCUT2D eigenvalue weighted by Gasteiger charge is 2.70. The number of halogens is 3. The van der Waals surface area contributed by atoms with Crippen molar-refractivity contribution in [1.29, 1.82) is 0 Å². The number of Topliss-reactive ketones (excluding diaryl/α,β-unsaturated/α-hetero) is 2. The first-order chi connectivity index (χ1) is 19.8. The molecule has 1 saturated heterocycles. The number of anilines is 1. The summed E-state index contributed by atoms with van der Waals surface area (Å²) < 4.78 is 0. The molecule has 0 aromatic heterocycles. The number of carbonyl (C=O) groups excluding carboxylic acids is 3. The number of nitrogens with zero attached hydrogens (tertiary/aromatic N) is 1. The average Bonchev–Trinajstić information content (AvgIpc) is 3.45. The lowest BCUT2D eigenvalue weighted by molar-refractivity contribution is -0.122. The van der Waals surface area contributed by atoms with Crippen molar-refractivity contribution in [3.63, 3.8) is 0 Å². The summed E-state index contributed by atoms with van der Waals surface area (Å²) in [5.74, 6) is -2.14. The molecule has 5 nitrogen and oxygen atoms in total. The molecule has 4 atom stereocenters. The first-order valence-electron chi connectivity index (χ1n) is 13.1. The molecular formula is C33H21Cl3N2O3. The van der Waals surface area contributed by atoms with Crippen molar-refractivity contribution >= 4 is 64.0 Å². The molecule has 3 aliphatic rings. The fraction of sp³-hybridized carbons (Fsp3) is 0.121. The smallest absolute Gasteiger partial charge is 0.238 e. The van der Waals surface area contributed by atoms with E-state index in [2.05, 4.69) is 5.32 Å². The summed E-state index contributed by atoms with van der Waals surface area (Å²) >= 11 is 18.9. The monoisotopic (exact) mass is 598 g/mol. The maximum absolute atomic E-state index is 14.7. The number of nitrogens with one attached hydrogen (secondary N) is 1. The van der Waals surface area contributed by atoms with Gasteiger partial charge in [0.05, 0.1) is 17.0 Å². The topological polar surface area (TPSA) is 66.5 Å². The molecule has 7 rings (SSSR count). The van der Waals surface area contributed by atoms with Crippen LogP contribution < -0.4 is 5.32 Å². The molecule has 0 bridgehead atoms. The zero-order chi connectivity index (χ0) is 28.5. The molecule has 4 unspecified atom stereocenters. The van der Waals surface area contributed by atoms with Gasteiger partial charge < -0.3 is 10.2 Å². The van der Waals surface area contributed by atoms with Gasteiger partial charge in [-0.1, -0.05) is 77.3 Å². The van der Waals surface area contributed by atoms with Gasteiger partial charge in [-0.3, -0.25) is 14.4 Å². The quantitative estimate of drug-likeness (QED) is 0.245. The molecule has 8 heteroatoms. The van der Waals surface area contributed by atoms with Crippen molar-refractivity contribution in [2.45, 2.75) is 17.5 Å². The number of para-hydroxylation sites is 1. The third-order valence-corrected chi connectivity index (χ3v) is 9.25. The molecule has 4 aromatic carbocycles. The fourth-order valence-electron chi connectivity index (χ4n) is 6.81. The average molecular weight is 600 g/mol. The van der Waals surface area contributed by atoms with Gasteiger partial charge in [-0.2, -0.15) is 0 Å². The van der Waals surface area contributed by atoms with Gasteiger partial charge in [0.15, 0.2) is 11.6 Å². The number of carbonyl (C=O) groups is 3. The lowest BCUT2D eigenvalue weighted by atomic mass is 9.62. The molecule has 1 amide bonds. The Morgan fingerprint density at radius 1 is 0.805 bits per heavy atom. The van der Waals surface area contributed by atoms with Gasteiger partial charge >= 0.3 is 0 Å². The number of rotatable bonds is 4.